The zero-order valence-corrected chi connectivity index (χ0v) is 20.7. The van der Waals surface area contributed by atoms with Crippen LogP contribution < -0.4 is 10.2 Å². The molecule has 0 radical (unpaired) electrons. The number of aromatic nitrogens is 2. The molecule has 0 aromatic carbocycles. The summed E-state index contributed by atoms with van der Waals surface area (Å²) in [5, 5.41) is 3.12. The molecule has 7 nitrogen and oxygen atoms in total. The minimum absolute atomic E-state index is 0.0158. The van der Waals surface area contributed by atoms with Crippen LogP contribution in [0.4, 0.5) is 37.8 Å². The van der Waals surface area contributed by atoms with Crippen LogP contribution in [0.15, 0.2) is 36.7 Å². The maximum Gasteiger partial charge on any atom is 0.433 e. The number of anilines is 2. The van der Waals surface area contributed by atoms with Gasteiger partial charge < -0.3 is 15.1 Å². The summed E-state index contributed by atoms with van der Waals surface area (Å²) >= 11 is 0. The van der Waals surface area contributed by atoms with Gasteiger partial charge in [0, 0.05) is 69.8 Å². The molecule has 2 aliphatic rings. The Labute approximate surface area is 216 Å². The summed E-state index contributed by atoms with van der Waals surface area (Å²) < 4.78 is 76.8. The van der Waals surface area contributed by atoms with Gasteiger partial charge in [0.05, 0.1) is 5.56 Å². The molecule has 2 aromatic heterocycles. The molecule has 2 saturated heterocycles. The van der Waals surface area contributed by atoms with Crippen molar-refractivity contribution in [3.63, 3.8) is 0 Å². The van der Waals surface area contributed by atoms with Crippen molar-refractivity contribution in [3.8, 4) is 0 Å². The van der Waals surface area contributed by atoms with Crippen LogP contribution in [0.3, 0.4) is 0 Å². The van der Waals surface area contributed by atoms with E-state index < -0.39 is 23.6 Å². The van der Waals surface area contributed by atoms with E-state index in [1.54, 1.807) is 4.90 Å². The zero-order valence-electron chi connectivity index (χ0n) is 20.7. The monoisotopic (exact) mass is 544 g/mol. The predicted octanol–water partition coefficient (Wildman–Crippen LogP) is 4.52. The Morgan fingerprint density at radius 3 is 2.24 bits per heavy atom. The molecule has 2 aromatic rings. The van der Waals surface area contributed by atoms with E-state index in [1.165, 1.54) is 12.1 Å². The van der Waals surface area contributed by atoms with Crippen LogP contribution in [0, 0.1) is 0 Å². The van der Waals surface area contributed by atoms with Crippen LogP contribution in [0.1, 0.15) is 36.9 Å². The van der Waals surface area contributed by atoms with Crippen molar-refractivity contribution >= 4 is 17.4 Å². The van der Waals surface area contributed by atoms with Crippen LogP contribution in [0.2, 0.25) is 0 Å². The summed E-state index contributed by atoms with van der Waals surface area (Å²) in [7, 11) is 0. The second kappa shape index (κ2) is 11.7. The third-order valence-electron chi connectivity index (χ3n) is 6.91. The average Bonchev–Trinajstić information content (AvgIpc) is 2.89. The van der Waals surface area contributed by atoms with Crippen molar-refractivity contribution in [1.29, 1.82) is 0 Å². The fourth-order valence-electron chi connectivity index (χ4n) is 4.74. The van der Waals surface area contributed by atoms with Crippen LogP contribution in [0.25, 0.3) is 0 Å². The Morgan fingerprint density at radius 1 is 0.921 bits per heavy atom. The number of amides is 1. The van der Waals surface area contributed by atoms with Crippen molar-refractivity contribution in [2.75, 3.05) is 56.0 Å². The Balaban J connectivity index is 1.13. The maximum atomic E-state index is 12.9. The number of alkyl halides is 6. The van der Waals surface area contributed by atoms with Gasteiger partial charge in [-0.1, -0.05) is 0 Å². The van der Waals surface area contributed by atoms with Gasteiger partial charge in [0.2, 0.25) is 5.91 Å². The summed E-state index contributed by atoms with van der Waals surface area (Å²) in [6.45, 7) is 4.61. The number of nitrogens with one attached hydrogen (secondary N) is 1. The van der Waals surface area contributed by atoms with E-state index in [4.69, 9.17) is 0 Å². The Kier molecular flexibility index (Phi) is 8.64. The quantitative estimate of drug-likeness (QED) is 0.518. The minimum Gasteiger partial charge on any atom is -0.382 e. The maximum absolute atomic E-state index is 12.9. The molecule has 0 saturated carbocycles. The van der Waals surface area contributed by atoms with E-state index in [9.17, 15) is 31.1 Å². The van der Waals surface area contributed by atoms with Gasteiger partial charge >= 0.3 is 12.4 Å². The second-order valence-corrected chi connectivity index (χ2v) is 9.56. The number of carbonyl (C=O) groups excluding carboxylic acids is 1. The van der Waals surface area contributed by atoms with E-state index >= 15 is 0 Å². The highest BCUT2D eigenvalue weighted by Crippen LogP contribution is 2.30. The standard InChI is InChI=1S/C25H30F6N6O/c26-24(27,28)18-3-4-22(33-17-18)36-14-12-35(13-15-36)9-1-2-23(38)37-10-6-19(7-11-37)34-20-5-8-32-21(16-20)25(29,30)31/h3-5,8,16-17,19H,1-2,6-7,9-15H2,(H,32,34). The molecule has 38 heavy (non-hydrogen) atoms. The number of rotatable bonds is 7. The molecular weight excluding hydrogens is 514 g/mol. The minimum atomic E-state index is -4.50. The summed E-state index contributed by atoms with van der Waals surface area (Å²) in [5.74, 6) is 0.592. The lowest BCUT2D eigenvalue weighted by Crippen LogP contribution is -2.47. The molecular formula is C25H30F6N6O. The smallest absolute Gasteiger partial charge is 0.382 e. The fourth-order valence-corrected chi connectivity index (χ4v) is 4.74. The molecule has 0 bridgehead atoms. The number of likely N-dealkylation sites (tertiary alicyclic amines) is 1. The van der Waals surface area contributed by atoms with Crippen LogP contribution in [-0.2, 0) is 17.1 Å². The van der Waals surface area contributed by atoms with E-state index in [2.05, 4.69) is 20.2 Å². The third kappa shape index (κ3) is 7.49. The van der Waals surface area contributed by atoms with Gasteiger partial charge in [-0.25, -0.2) is 4.98 Å². The molecule has 0 atom stereocenters. The number of hydrogen-bond acceptors (Lipinski definition) is 6. The number of nitrogens with zero attached hydrogens (tertiary/aromatic N) is 5. The molecule has 2 fully saturated rings. The molecule has 13 heteroatoms. The van der Waals surface area contributed by atoms with E-state index in [0.29, 0.717) is 63.4 Å². The van der Waals surface area contributed by atoms with Crippen LogP contribution in [-0.4, -0.2) is 77.5 Å². The van der Waals surface area contributed by atoms with Gasteiger partial charge in [-0.3, -0.25) is 14.7 Å². The molecule has 4 rings (SSSR count). The molecule has 1 amide bonds. The molecule has 0 aliphatic carbocycles. The van der Waals surface area contributed by atoms with Gasteiger partial charge in [0.15, 0.2) is 0 Å². The highest BCUT2D eigenvalue weighted by atomic mass is 19.4. The van der Waals surface area contributed by atoms with Crippen molar-refractivity contribution < 1.29 is 31.1 Å². The number of carbonyl (C=O) groups is 1. The van der Waals surface area contributed by atoms with E-state index in [0.717, 1.165) is 44.2 Å². The molecule has 0 spiro atoms. The Hall–Kier alpha value is -3.09. The summed E-state index contributed by atoms with van der Waals surface area (Å²) in [6, 6.07) is 4.93. The molecule has 4 heterocycles. The summed E-state index contributed by atoms with van der Waals surface area (Å²) in [4.78, 5) is 26.0. The lowest BCUT2D eigenvalue weighted by Gasteiger charge is -2.36. The first-order valence-electron chi connectivity index (χ1n) is 12.6. The lowest BCUT2D eigenvalue weighted by molar-refractivity contribution is -0.141. The number of piperazine rings is 1. The predicted molar refractivity (Wildman–Crippen MR) is 130 cm³/mol. The van der Waals surface area contributed by atoms with Crippen molar-refractivity contribution in [2.24, 2.45) is 0 Å². The first-order chi connectivity index (χ1) is 18.0. The van der Waals surface area contributed by atoms with Crippen molar-refractivity contribution in [3.05, 3.63) is 47.9 Å². The molecule has 0 unspecified atom stereocenters. The number of halogens is 6. The van der Waals surface area contributed by atoms with Crippen LogP contribution >= 0.6 is 0 Å². The lowest BCUT2D eigenvalue weighted by atomic mass is 10.0. The number of hydrogen-bond donors (Lipinski definition) is 1. The van der Waals surface area contributed by atoms with Gasteiger partial charge in [-0.05, 0) is 50.1 Å². The summed E-state index contributed by atoms with van der Waals surface area (Å²) in [6.07, 6.45) is -4.50. The van der Waals surface area contributed by atoms with E-state index in [1.807, 2.05) is 4.90 Å². The molecule has 208 valence electrons. The van der Waals surface area contributed by atoms with Crippen LogP contribution in [0.5, 0.6) is 0 Å². The van der Waals surface area contributed by atoms with Gasteiger partial charge in [0.25, 0.3) is 0 Å². The Morgan fingerprint density at radius 2 is 1.63 bits per heavy atom. The second-order valence-electron chi connectivity index (χ2n) is 9.56. The third-order valence-corrected chi connectivity index (χ3v) is 6.91. The zero-order chi connectivity index (χ0) is 27.3. The largest absolute Gasteiger partial charge is 0.433 e. The Bertz CT molecular complexity index is 1060. The molecule has 1 N–H and O–H groups in total. The highest BCUT2D eigenvalue weighted by molar-refractivity contribution is 5.76. The fraction of sp³-hybridized carbons (Fsp3) is 0.560. The van der Waals surface area contributed by atoms with Crippen molar-refractivity contribution in [1.82, 2.24) is 19.8 Å². The summed E-state index contributed by atoms with van der Waals surface area (Å²) in [5.41, 5.74) is -1.34. The SMILES string of the molecule is O=C(CCCN1CCN(c2ccc(C(F)(F)F)cn2)CC1)N1CCC(Nc2ccnc(C(F)(F)F)c2)CC1. The molecule has 2 aliphatic heterocycles. The van der Waals surface area contributed by atoms with Gasteiger partial charge in [-0.2, -0.15) is 26.3 Å². The van der Waals surface area contributed by atoms with Gasteiger partial charge in [0.1, 0.15) is 11.5 Å². The number of piperidine rings is 1. The topological polar surface area (TPSA) is 64.6 Å². The first kappa shape index (κ1) is 27.9. The normalized spacial score (nSPS) is 18.1. The average molecular weight is 545 g/mol. The highest BCUT2D eigenvalue weighted by Gasteiger charge is 2.33. The van der Waals surface area contributed by atoms with Crippen molar-refractivity contribution in [2.45, 2.75) is 44.1 Å². The van der Waals surface area contributed by atoms with Gasteiger partial charge in [-0.15, -0.1) is 0 Å². The number of pyridine rings is 2. The van der Waals surface area contributed by atoms with E-state index in [-0.39, 0.29) is 11.9 Å². The first-order valence-corrected chi connectivity index (χ1v) is 12.6.